The highest BCUT2D eigenvalue weighted by atomic mass is 16.4. The molecule has 0 aromatic carbocycles. The molecule has 0 aromatic heterocycles. The van der Waals surface area contributed by atoms with Crippen LogP contribution in [0.15, 0.2) is 12.2 Å². The third-order valence-electron chi connectivity index (χ3n) is 2.95. The van der Waals surface area contributed by atoms with Crippen LogP contribution < -0.4 is 5.32 Å². The first-order valence-electron chi connectivity index (χ1n) is 5.89. The molecule has 18 heavy (non-hydrogen) atoms. The Labute approximate surface area is 105 Å². The maximum atomic E-state index is 11.8. The molecule has 0 heterocycles. The summed E-state index contributed by atoms with van der Waals surface area (Å²) in [4.78, 5) is 33.1. The molecule has 0 bridgehead atoms. The van der Waals surface area contributed by atoms with E-state index in [1.807, 2.05) is 0 Å². The number of aliphatic carboxylic acids is 2. The Morgan fingerprint density at radius 1 is 1.11 bits per heavy atom. The predicted molar refractivity (Wildman–Crippen MR) is 62.9 cm³/mol. The van der Waals surface area contributed by atoms with Crippen LogP contribution in [0, 0.1) is 11.8 Å². The van der Waals surface area contributed by atoms with Crippen molar-refractivity contribution < 1.29 is 24.6 Å². The van der Waals surface area contributed by atoms with Gasteiger partial charge in [0.25, 0.3) is 0 Å². The van der Waals surface area contributed by atoms with E-state index >= 15 is 0 Å². The predicted octanol–water partition coefficient (Wildman–Crippen LogP) is 0.634. The summed E-state index contributed by atoms with van der Waals surface area (Å²) in [5.74, 6) is -3.43. The van der Waals surface area contributed by atoms with Crippen molar-refractivity contribution in [2.24, 2.45) is 11.8 Å². The van der Waals surface area contributed by atoms with Crippen LogP contribution in [0.1, 0.15) is 25.7 Å². The SMILES string of the molecule is O=C(O)CCCNC(=O)C1CC=CCC1C(=O)O. The molecule has 1 aliphatic carbocycles. The Bertz CT molecular complexity index is 363. The minimum atomic E-state index is -0.968. The molecular formula is C12H17NO5. The molecule has 2 unspecified atom stereocenters. The third kappa shape index (κ3) is 4.20. The summed E-state index contributed by atoms with van der Waals surface area (Å²) in [5, 5.41) is 20.0. The molecule has 0 aliphatic heterocycles. The molecule has 1 aliphatic rings. The van der Waals surface area contributed by atoms with Gasteiger partial charge in [-0.2, -0.15) is 0 Å². The van der Waals surface area contributed by atoms with Crippen molar-refractivity contribution in [2.45, 2.75) is 25.7 Å². The fourth-order valence-corrected chi connectivity index (χ4v) is 1.96. The van der Waals surface area contributed by atoms with Crippen LogP contribution in [0.4, 0.5) is 0 Å². The number of amides is 1. The highest BCUT2D eigenvalue weighted by Crippen LogP contribution is 2.25. The van der Waals surface area contributed by atoms with E-state index in [2.05, 4.69) is 5.32 Å². The molecule has 6 nitrogen and oxygen atoms in total. The van der Waals surface area contributed by atoms with Crippen LogP contribution in [0.5, 0.6) is 0 Å². The van der Waals surface area contributed by atoms with Crippen molar-refractivity contribution in [3.05, 3.63) is 12.2 Å². The van der Waals surface area contributed by atoms with E-state index in [1.165, 1.54) is 0 Å². The summed E-state index contributed by atoms with van der Waals surface area (Å²) in [6.45, 7) is 0.262. The van der Waals surface area contributed by atoms with Crippen LogP contribution in [0.2, 0.25) is 0 Å². The molecule has 0 fully saturated rings. The second-order valence-electron chi connectivity index (χ2n) is 4.28. The molecule has 6 heteroatoms. The van der Waals surface area contributed by atoms with Gasteiger partial charge in [-0.3, -0.25) is 14.4 Å². The number of carbonyl (C=O) groups excluding carboxylic acids is 1. The van der Waals surface area contributed by atoms with Crippen molar-refractivity contribution in [1.82, 2.24) is 5.32 Å². The average Bonchev–Trinajstić information content (AvgIpc) is 2.34. The van der Waals surface area contributed by atoms with Crippen molar-refractivity contribution >= 4 is 17.8 Å². The number of nitrogens with one attached hydrogen (secondary N) is 1. The van der Waals surface area contributed by atoms with Gasteiger partial charge in [-0.15, -0.1) is 0 Å². The van der Waals surface area contributed by atoms with E-state index in [0.29, 0.717) is 19.3 Å². The minimum absolute atomic E-state index is 0.00674. The van der Waals surface area contributed by atoms with Crippen LogP contribution in [0.25, 0.3) is 0 Å². The number of carboxylic acids is 2. The lowest BCUT2D eigenvalue weighted by Gasteiger charge is -2.24. The molecule has 1 amide bonds. The Kier molecular flexibility index (Phi) is 5.35. The van der Waals surface area contributed by atoms with E-state index in [0.717, 1.165) is 0 Å². The highest BCUT2D eigenvalue weighted by Gasteiger charge is 2.33. The second kappa shape index (κ2) is 6.78. The smallest absolute Gasteiger partial charge is 0.307 e. The largest absolute Gasteiger partial charge is 0.481 e. The van der Waals surface area contributed by atoms with Crippen LogP contribution in [-0.2, 0) is 14.4 Å². The summed E-state index contributed by atoms with van der Waals surface area (Å²) in [6, 6.07) is 0. The maximum Gasteiger partial charge on any atom is 0.307 e. The summed E-state index contributed by atoms with van der Waals surface area (Å²) in [5.41, 5.74) is 0. The van der Waals surface area contributed by atoms with Crippen molar-refractivity contribution in [1.29, 1.82) is 0 Å². The van der Waals surface area contributed by atoms with E-state index in [9.17, 15) is 14.4 Å². The molecule has 0 saturated heterocycles. The van der Waals surface area contributed by atoms with E-state index in [-0.39, 0.29) is 18.9 Å². The second-order valence-corrected chi connectivity index (χ2v) is 4.28. The molecule has 0 radical (unpaired) electrons. The van der Waals surface area contributed by atoms with Crippen molar-refractivity contribution in [2.75, 3.05) is 6.54 Å². The summed E-state index contributed by atoms with van der Waals surface area (Å²) >= 11 is 0. The van der Waals surface area contributed by atoms with E-state index in [4.69, 9.17) is 10.2 Å². The zero-order chi connectivity index (χ0) is 13.5. The molecule has 2 atom stereocenters. The number of rotatable bonds is 6. The Morgan fingerprint density at radius 2 is 1.72 bits per heavy atom. The van der Waals surface area contributed by atoms with Gasteiger partial charge in [0.05, 0.1) is 11.8 Å². The lowest BCUT2D eigenvalue weighted by atomic mass is 9.82. The van der Waals surface area contributed by atoms with Gasteiger partial charge in [0, 0.05) is 13.0 Å². The van der Waals surface area contributed by atoms with Gasteiger partial charge in [-0.05, 0) is 19.3 Å². The molecule has 100 valence electrons. The number of allylic oxidation sites excluding steroid dienone is 2. The van der Waals surface area contributed by atoms with Gasteiger partial charge < -0.3 is 15.5 Å². The molecule has 0 saturated carbocycles. The fourth-order valence-electron chi connectivity index (χ4n) is 1.96. The van der Waals surface area contributed by atoms with Crippen molar-refractivity contribution in [3.63, 3.8) is 0 Å². The quantitative estimate of drug-likeness (QED) is 0.477. The van der Waals surface area contributed by atoms with Crippen LogP contribution in [0.3, 0.4) is 0 Å². The number of hydrogen-bond acceptors (Lipinski definition) is 3. The fraction of sp³-hybridized carbons (Fsp3) is 0.583. The number of hydrogen-bond donors (Lipinski definition) is 3. The normalized spacial score (nSPS) is 22.4. The third-order valence-corrected chi connectivity index (χ3v) is 2.95. The zero-order valence-corrected chi connectivity index (χ0v) is 9.96. The maximum absolute atomic E-state index is 11.8. The standard InChI is InChI=1S/C12H17NO5/c14-10(15)6-3-7-13-11(16)8-4-1-2-5-9(8)12(17)18/h1-2,8-9H,3-7H2,(H,13,16)(H,14,15)(H,17,18). The Balaban J connectivity index is 2.42. The molecule has 3 N–H and O–H groups in total. The first-order chi connectivity index (χ1) is 8.52. The van der Waals surface area contributed by atoms with Gasteiger partial charge in [-0.25, -0.2) is 0 Å². The monoisotopic (exact) mass is 255 g/mol. The lowest BCUT2D eigenvalue weighted by Crippen LogP contribution is -2.39. The van der Waals surface area contributed by atoms with Gasteiger partial charge in [0.15, 0.2) is 0 Å². The molecular weight excluding hydrogens is 238 g/mol. The Hall–Kier alpha value is -1.85. The molecule has 0 aromatic rings. The summed E-state index contributed by atoms with van der Waals surface area (Å²) in [6.07, 6.45) is 4.70. The number of carboxylic acid groups (broad SMARTS) is 2. The number of carbonyl (C=O) groups is 3. The Morgan fingerprint density at radius 3 is 2.28 bits per heavy atom. The van der Waals surface area contributed by atoms with Gasteiger partial charge in [0.1, 0.15) is 0 Å². The molecule has 1 rings (SSSR count). The molecule has 0 spiro atoms. The summed E-state index contributed by atoms with van der Waals surface area (Å²) < 4.78 is 0. The average molecular weight is 255 g/mol. The van der Waals surface area contributed by atoms with Crippen LogP contribution >= 0.6 is 0 Å². The minimum Gasteiger partial charge on any atom is -0.481 e. The van der Waals surface area contributed by atoms with Gasteiger partial charge >= 0.3 is 11.9 Å². The highest BCUT2D eigenvalue weighted by molar-refractivity contribution is 5.85. The topological polar surface area (TPSA) is 104 Å². The van der Waals surface area contributed by atoms with Crippen LogP contribution in [-0.4, -0.2) is 34.6 Å². The first kappa shape index (κ1) is 14.2. The van der Waals surface area contributed by atoms with Gasteiger partial charge in [0.2, 0.25) is 5.91 Å². The first-order valence-corrected chi connectivity index (χ1v) is 5.89. The van der Waals surface area contributed by atoms with Crippen molar-refractivity contribution in [3.8, 4) is 0 Å². The van der Waals surface area contributed by atoms with Gasteiger partial charge in [-0.1, -0.05) is 12.2 Å². The summed E-state index contributed by atoms with van der Waals surface area (Å²) in [7, 11) is 0. The van der Waals surface area contributed by atoms with E-state index in [1.54, 1.807) is 12.2 Å². The van der Waals surface area contributed by atoms with E-state index < -0.39 is 23.8 Å². The zero-order valence-electron chi connectivity index (χ0n) is 9.96. The lowest BCUT2D eigenvalue weighted by molar-refractivity contribution is -0.147.